The SMILES string of the molecule is C=CC.COCC1COC(C)(CC(C)C)O1. The molecule has 3 nitrogen and oxygen atoms in total. The fraction of sp³-hybridized carbons (Fsp3) is 0.846. The Hall–Kier alpha value is -0.380. The van der Waals surface area contributed by atoms with Crippen LogP contribution in [0.5, 0.6) is 0 Å². The lowest BCUT2D eigenvalue weighted by atomic mass is 10.0. The average Bonchev–Trinajstić information content (AvgIpc) is 2.47. The molecule has 1 fully saturated rings. The van der Waals surface area contributed by atoms with Crippen LogP contribution in [-0.4, -0.2) is 32.2 Å². The highest BCUT2D eigenvalue weighted by Crippen LogP contribution is 2.29. The molecule has 0 aromatic rings. The minimum atomic E-state index is -0.392. The highest BCUT2D eigenvalue weighted by atomic mass is 16.7. The van der Waals surface area contributed by atoms with Gasteiger partial charge in [0.15, 0.2) is 5.79 Å². The van der Waals surface area contributed by atoms with Crippen molar-refractivity contribution in [3.05, 3.63) is 12.7 Å². The van der Waals surface area contributed by atoms with Gasteiger partial charge in [0.2, 0.25) is 0 Å². The second kappa shape index (κ2) is 7.82. The number of ether oxygens (including phenoxy) is 3. The van der Waals surface area contributed by atoms with Crippen molar-refractivity contribution in [3.63, 3.8) is 0 Å². The average molecular weight is 230 g/mol. The predicted octanol–water partition coefficient (Wildman–Crippen LogP) is 3.00. The van der Waals surface area contributed by atoms with E-state index < -0.39 is 5.79 Å². The van der Waals surface area contributed by atoms with Crippen LogP contribution in [0.25, 0.3) is 0 Å². The maximum atomic E-state index is 5.75. The Morgan fingerprint density at radius 1 is 1.56 bits per heavy atom. The van der Waals surface area contributed by atoms with Crippen LogP contribution in [0.4, 0.5) is 0 Å². The first kappa shape index (κ1) is 15.6. The fourth-order valence-corrected chi connectivity index (χ4v) is 1.81. The zero-order chi connectivity index (χ0) is 12.6. The van der Waals surface area contributed by atoms with Gasteiger partial charge in [-0.1, -0.05) is 19.9 Å². The Bertz CT molecular complexity index is 192. The van der Waals surface area contributed by atoms with Crippen LogP contribution in [-0.2, 0) is 14.2 Å². The summed E-state index contributed by atoms with van der Waals surface area (Å²) in [5.74, 6) is 0.198. The van der Waals surface area contributed by atoms with Crippen molar-refractivity contribution in [1.82, 2.24) is 0 Å². The predicted molar refractivity (Wildman–Crippen MR) is 66.4 cm³/mol. The molecule has 0 aromatic heterocycles. The van der Waals surface area contributed by atoms with E-state index in [-0.39, 0.29) is 6.10 Å². The maximum absolute atomic E-state index is 5.75. The Morgan fingerprint density at radius 3 is 2.56 bits per heavy atom. The molecule has 0 aliphatic carbocycles. The minimum absolute atomic E-state index is 0.105. The molecule has 0 aromatic carbocycles. The molecule has 0 saturated carbocycles. The summed E-state index contributed by atoms with van der Waals surface area (Å²) in [6, 6.07) is 0. The summed E-state index contributed by atoms with van der Waals surface area (Å²) in [5.41, 5.74) is 0. The van der Waals surface area contributed by atoms with Crippen LogP contribution in [0.3, 0.4) is 0 Å². The Morgan fingerprint density at radius 2 is 2.12 bits per heavy atom. The van der Waals surface area contributed by atoms with Gasteiger partial charge in [-0.3, -0.25) is 0 Å². The first-order valence-electron chi connectivity index (χ1n) is 5.85. The van der Waals surface area contributed by atoms with Gasteiger partial charge in [-0.2, -0.15) is 0 Å². The van der Waals surface area contributed by atoms with Crippen LogP contribution in [0.1, 0.15) is 34.1 Å². The number of methoxy groups -OCH3 is 1. The molecule has 96 valence electrons. The molecule has 0 amide bonds. The zero-order valence-corrected chi connectivity index (χ0v) is 11.3. The number of rotatable bonds is 4. The van der Waals surface area contributed by atoms with Crippen LogP contribution in [0, 0.1) is 5.92 Å². The minimum Gasteiger partial charge on any atom is -0.382 e. The van der Waals surface area contributed by atoms with Gasteiger partial charge in [0.25, 0.3) is 0 Å². The Labute approximate surface area is 99.8 Å². The van der Waals surface area contributed by atoms with Crippen LogP contribution < -0.4 is 0 Å². The van der Waals surface area contributed by atoms with E-state index in [9.17, 15) is 0 Å². The van der Waals surface area contributed by atoms with E-state index in [2.05, 4.69) is 20.4 Å². The molecule has 16 heavy (non-hydrogen) atoms. The van der Waals surface area contributed by atoms with Gasteiger partial charge >= 0.3 is 0 Å². The van der Waals surface area contributed by atoms with E-state index in [1.807, 2.05) is 13.8 Å². The van der Waals surface area contributed by atoms with E-state index in [0.29, 0.717) is 19.1 Å². The molecule has 0 N–H and O–H groups in total. The van der Waals surface area contributed by atoms with E-state index >= 15 is 0 Å². The second-order valence-electron chi connectivity index (χ2n) is 4.65. The fourth-order valence-electron chi connectivity index (χ4n) is 1.81. The van der Waals surface area contributed by atoms with Crippen molar-refractivity contribution < 1.29 is 14.2 Å². The van der Waals surface area contributed by atoms with Crippen molar-refractivity contribution in [2.75, 3.05) is 20.3 Å². The van der Waals surface area contributed by atoms with Gasteiger partial charge in [0.05, 0.1) is 13.2 Å². The molecular weight excluding hydrogens is 204 g/mol. The van der Waals surface area contributed by atoms with Gasteiger partial charge < -0.3 is 14.2 Å². The molecular formula is C13H26O3. The molecule has 0 bridgehead atoms. The normalized spacial score (nSPS) is 28.8. The number of hydrogen-bond acceptors (Lipinski definition) is 3. The molecule has 1 saturated heterocycles. The summed E-state index contributed by atoms with van der Waals surface area (Å²) in [7, 11) is 1.68. The van der Waals surface area contributed by atoms with Gasteiger partial charge in [-0.25, -0.2) is 0 Å². The van der Waals surface area contributed by atoms with Gasteiger partial charge in [0, 0.05) is 13.5 Å². The highest BCUT2D eigenvalue weighted by molar-refractivity contribution is 4.75. The molecule has 1 heterocycles. The Kier molecular flexibility index (Phi) is 7.64. The zero-order valence-electron chi connectivity index (χ0n) is 11.3. The molecule has 3 heteroatoms. The molecule has 0 radical (unpaired) electrons. The molecule has 2 unspecified atom stereocenters. The third-order valence-corrected chi connectivity index (χ3v) is 2.12. The molecule has 1 aliphatic heterocycles. The van der Waals surface area contributed by atoms with Gasteiger partial charge in [0.1, 0.15) is 6.10 Å². The first-order valence-corrected chi connectivity index (χ1v) is 5.85. The number of hydrogen-bond donors (Lipinski definition) is 0. The van der Waals surface area contributed by atoms with Gasteiger partial charge in [-0.15, -0.1) is 6.58 Å². The largest absolute Gasteiger partial charge is 0.382 e. The van der Waals surface area contributed by atoms with E-state index in [0.717, 1.165) is 6.42 Å². The second-order valence-corrected chi connectivity index (χ2v) is 4.65. The van der Waals surface area contributed by atoms with Gasteiger partial charge in [-0.05, 0) is 19.8 Å². The lowest BCUT2D eigenvalue weighted by molar-refractivity contribution is -0.168. The third-order valence-electron chi connectivity index (χ3n) is 2.12. The molecule has 2 atom stereocenters. The van der Waals surface area contributed by atoms with Crippen molar-refractivity contribution in [2.45, 2.75) is 46.0 Å². The van der Waals surface area contributed by atoms with Crippen molar-refractivity contribution >= 4 is 0 Å². The molecule has 0 spiro atoms. The number of allylic oxidation sites excluding steroid dienone is 1. The van der Waals surface area contributed by atoms with Crippen LogP contribution in [0.15, 0.2) is 12.7 Å². The summed E-state index contributed by atoms with van der Waals surface area (Å²) in [4.78, 5) is 0. The monoisotopic (exact) mass is 230 g/mol. The first-order chi connectivity index (χ1) is 7.47. The Balaban J connectivity index is 0.000000673. The highest BCUT2D eigenvalue weighted by Gasteiger charge is 2.37. The lowest BCUT2D eigenvalue weighted by Gasteiger charge is -2.25. The topological polar surface area (TPSA) is 27.7 Å². The standard InChI is InChI=1S/C10H20O3.C3H6/c1-8(2)5-10(3)12-7-9(13-10)6-11-4;1-3-2/h8-9H,5-7H2,1-4H3;3H,1H2,2H3. The van der Waals surface area contributed by atoms with E-state index in [1.165, 1.54) is 0 Å². The summed E-state index contributed by atoms with van der Waals surface area (Å²) in [5, 5.41) is 0. The quantitative estimate of drug-likeness (QED) is 0.695. The summed E-state index contributed by atoms with van der Waals surface area (Å²) >= 11 is 0. The smallest absolute Gasteiger partial charge is 0.166 e. The summed E-state index contributed by atoms with van der Waals surface area (Å²) in [6.07, 6.45) is 2.79. The molecule has 1 rings (SSSR count). The van der Waals surface area contributed by atoms with E-state index in [1.54, 1.807) is 13.2 Å². The third kappa shape index (κ3) is 6.26. The van der Waals surface area contributed by atoms with Crippen molar-refractivity contribution in [3.8, 4) is 0 Å². The molecule has 1 aliphatic rings. The maximum Gasteiger partial charge on any atom is 0.166 e. The van der Waals surface area contributed by atoms with E-state index in [4.69, 9.17) is 14.2 Å². The lowest BCUT2D eigenvalue weighted by Crippen LogP contribution is -2.29. The van der Waals surface area contributed by atoms with Crippen molar-refractivity contribution in [2.24, 2.45) is 5.92 Å². The van der Waals surface area contributed by atoms with Crippen LogP contribution in [0.2, 0.25) is 0 Å². The summed E-state index contributed by atoms with van der Waals surface area (Å²) in [6.45, 7) is 12.9. The van der Waals surface area contributed by atoms with Crippen LogP contribution >= 0.6 is 0 Å². The summed E-state index contributed by atoms with van der Waals surface area (Å²) < 4.78 is 16.4. The van der Waals surface area contributed by atoms with Crippen molar-refractivity contribution in [1.29, 1.82) is 0 Å².